The highest BCUT2D eigenvalue weighted by Crippen LogP contribution is 2.25. The van der Waals surface area contributed by atoms with Gasteiger partial charge in [-0.1, -0.05) is 27.2 Å². The molecule has 0 saturated carbocycles. The zero-order chi connectivity index (χ0) is 11.7. The Balaban J connectivity index is 3.50. The zero-order valence-electron chi connectivity index (χ0n) is 10.3. The molecule has 0 radical (unpaired) electrons. The van der Waals surface area contributed by atoms with E-state index in [0.29, 0.717) is 0 Å². The standard InChI is InChI=1S/C12H25NO2/c1-4-5-9-13-10-8-12(2,3)7-6-11(14)15/h13H,4-10H2,1-3H3,(H,14,15). The summed E-state index contributed by atoms with van der Waals surface area (Å²) in [6.45, 7) is 8.52. The fraction of sp³-hybridized carbons (Fsp3) is 0.917. The minimum Gasteiger partial charge on any atom is -0.481 e. The molecule has 0 unspecified atom stereocenters. The Bertz CT molecular complexity index is 178. The van der Waals surface area contributed by atoms with E-state index in [-0.39, 0.29) is 11.8 Å². The van der Waals surface area contributed by atoms with Crippen molar-refractivity contribution in [3.05, 3.63) is 0 Å². The predicted octanol–water partition coefficient (Wildman–Crippen LogP) is 2.66. The fourth-order valence-electron chi connectivity index (χ4n) is 1.42. The van der Waals surface area contributed by atoms with Crippen LogP contribution in [0.25, 0.3) is 0 Å². The maximum atomic E-state index is 10.4. The molecule has 0 bridgehead atoms. The number of aliphatic carboxylic acids is 1. The molecule has 0 fully saturated rings. The Labute approximate surface area is 93.3 Å². The van der Waals surface area contributed by atoms with Crippen molar-refractivity contribution in [1.82, 2.24) is 5.32 Å². The molecule has 15 heavy (non-hydrogen) atoms. The van der Waals surface area contributed by atoms with E-state index in [4.69, 9.17) is 5.11 Å². The van der Waals surface area contributed by atoms with Gasteiger partial charge in [0.05, 0.1) is 0 Å². The molecule has 2 N–H and O–H groups in total. The lowest BCUT2D eigenvalue weighted by molar-refractivity contribution is -0.137. The summed E-state index contributed by atoms with van der Waals surface area (Å²) < 4.78 is 0. The van der Waals surface area contributed by atoms with Gasteiger partial charge in [-0.15, -0.1) is 0 Å². The lowest BCUT2D eigenvalue weighted by Gasteiger charge is -2.23. The van der Waals surface area contributed by atoms with Crippen molar-refractivity contribution in [1.29, 1.82) is 0 Å². The Morgan fingerprint density at radius 1 is 1.27 bits per heavy atom. The molecule has 0 spiro atoms. The molecule has 0 aromatic heterocycles. The maximum Gasteiger partial charge on any atom is 0.303 e. The molecule has 0 aliphatic rings. The summed E-state index contributed by atoms with van der Waals surface area (Å²) in [4.78, 5) is 10.4. The highest BCUT2D eigenvalue weighted by Gasteiger charge is 2.18. The van der Waals surface area contributed by atoms with Crippen LogP contribution in [-0.4, -0.2) is 24.2 Å². The molecule has 90 valence electrons. The van der Waals surface area contributed by atoms with Crippen molar-refractivity contribution in [3.8, 4) is 0 Å². The van der Waals surface area contributed by atoms with Gasteiger partial charge >= 0.3 is 5.97 Å². The summed E-state index contributed by atoms with van der Waals surface area (Å²) in [5.74, 6) is -0.693. The van der Waals surface area contributed by atoms with Gasteiger partial charge in [-0.05, 0) is 37.8 Å². The molecule has 0 heterocycles. The molecule has 3 heteroatoms. The molecular weight excluding hydrogens is 190 g/mol. The number of hydrogen-bond acceptors (Lipinski definition) is 2. The average Bonchev–Trinajstić information content (AvgIpc) is 2.15. The predicted molar refractivity (Wildman–Crippen MR) is 63.0 cm³/mol. The van der Waals surface area contributed by atoms with Gasteiger partial charge in [-0.2, -0.15) is 0 Å². The van der Waals surface area contributed by atoms with Crippen LogP contribution >= 0.6 is 0 Å². The second-order valence-corrected chi connectivity index (χ2v) is 4.91. The van der Waals surface area contributed by atoms with Gasteiger partial charge in [-0.25, -0.2) is 0 Å². The van der Waals surface area contributed by atoms with E-state index in [0.717, 1.165) is 25.9 Å². The van der Waals surface area contributed by atoms with Crippen molar-refractivity contribution in [3.63, 3.8) is 0 Å². The molecule has 0 rings (SSSR count). The van der Waals surface area contributed by atoms with Crippen LogP contribution < -0.4 is 5.32 Å². The van der Waals surface area contributed by atoms with E-state index in [9.17, 15) is 4.79 Å². The smallest absolute Gasteiger partial charge is 0.303 e. The van der Waals surface area contributed by atoms with Crippen LogP contribution in [-0.2, 0) is 4.79 Å². The van der Waals surface area contributed by atoms with E-state index < -0.39 is 5.97 Å². The Morgan fingerprint density at radius 3 is 2.47 bits per heavy atom. The molecular formula is C12H25NO2. The summed E-state index contributed by atoms with van der Waals surface area (Å²) >= 11 is 0. The summed E-state index contributed by atoms with van der Waals surface area (Å²) in [6.07, 6.45) is 4.52. The monoisotopic (exact) mass is 215 g/mol. The third kappa shape index (κ3) is 9.73. The molecule has 0 aliphatic carbocycles. The van der Waals surface area contributed by atoms with E-state index in [2.05, 4.69) is 26.1 Å². The summed E-state index contributed by atoms with van der Waals surface area (Å²) in [6, 6.07) is 0. The maximum absolute atomic E-state index is 10.4. The van der Waals surface area contributed by atoms with Crippen molar-refractivity contribution in [2.24, 2.45) is 5.41 Å². The number of unbranched alkanes of at least 4 members (excludes halogenated alkanes) is 1. The third-order valence-electron chi connectivity index (χ3n) is 2.70. The molecule has 0 aromatic carbocycles. The van der Waals surface area contributed by atoms with Gasteiger partial charge in [0.15, 0.2) is 0 Å². The first-order chi connectivity index (χ1) is 6.98. The molecule has 3 nitrogen and oxygen atoms in total. The summed E-state index contributed by atoms with van der Waals surface area (Å²) in [5.41, 5.74) is 0.137. The van der Waals surface area contributed by atoms with Crippen LogP contribution in [0, 0.1) is 5.41 Å². The first-order valence-electron chi connectivity index (χ1n) is 5.90. The van der Waals surface area contributed by atoms with Crippen molar-refractivity contribution in [2.75, 3.05) is 13.1 Å². The van der Waals surface area contributed by atoms with Gasteiger partial charge in [0.2, 0.25) is 0 Å². The van der Waals surface area contributed by atoms with E-state index >= 15 is 0 Å². The number of nitrogens with one attached hydrogen (secondary N) is 1. The minimum absolute atomic E-state index is 0.137. The Hall–Kier alpha value is -0.570. The van der Waals surface area contributed by atoms with Gasteiger partial charge in [0.25, 0.3) is 0 Å². The van der Waals surface area contributed by atoms with Crippen LogP contribution in [0.5, 0.6) is 0 Å². The average molecular weight is 215 g/mol. The molecule has 0 aliphatic heterocycles. The van der Waals surface area contributed by atoms with E-state index in [1.165, 1.54) is 12.8 Å². The van der Waals surface area contributed by atoms with Crippen LogP contribution in [0.3, 0.4) is 0 Å². The largest absolute Gasteiger partial charge is 0.481 e. The lowest BCUT2D eigenvalue weighted by atomic mass is 9.84. The number of carboxylic acids is 1. The van der Waals surface area contributed by atoms with E-state index in [1.807, 2.05) is 0 Å². The van der Waals surface area contributed by atoms with Crippen LogP contribution in [0.2, 0.25) is 0 Å². The molecule has 0 atom stereocenters. The minimum atomic E-state index is -0.693. The number of carbonyl (C=O) groups is 1. The van der Waals surface area contributed by atoms with Gasteiger partial charge in [0, 0.05) is 6.42 Å². The number of rotatable bonds is 9. The SMILES string of the molecule is CCCCNCCC(C)(C)CCC(=O)O. The Morgan fingerprint density at radius 2 is 1.93 bits per heavy atom. The highest BCUT2D eigenvalue weighted by atomic mass is 16.4. The highest BCUT2D eigenvalue weighted by molar-refractivity contribution is 5.66. The van der Waals surface area contributed by atoms with Crippen LogP contribution in [0.4, 0.5) is 0 Å². The summed E-state index contributed by atoms with van der Waals surface area (Å²) in [5, 5.41) is 12.0. The first-order valence-corrected chi connectivity index (χ1v) is 5.90. The van der Waals surface area contributed by atoms with Crippen molar-refractivity contribution >= 4 is 5.97 Å². The normalized spacial score (nSPS) is 11.7. The van der Waals surface area contributed by atoms with Crippen molar-refractivity contribution in [2.45, 2.75) is 52.9 Å². The number of carboxylic acid groups (broad SMARTS) is 1. The summed E-state index contributed by atoms with van der Waals surface area (Å²) in [7, 11) is 0. The van der Waals surface area contributed by atoms with Crippen molar-refractivity contribution < 1.29 is 9.90 Å². The second kappa shape index (κ2) is 7.69. The van der Waals surface area contributed by atoms with Crippen LogP contribution in [0.15, 0.2) is 0 Å². The topological polar surface area (TPSA) is 49.3 Å². The lowest BCUT2D eigenvalue weighted by Crippen LogP contribution is -2.23. The van der Waals surface area contributed by atoms with Gasteiger partial charge in [0.1, 0.15) is 0 Å². The van der Waals surface area contributed by atoms with Crippen LogP contribution in [0.1, 0.15) is 52.9 Å². The Kier molecular flexibility index (Phi) is 7.39. The fourth-order valence-corrected chi connectivity index (χ4v) is 1.42. The zero-order valence-corrected chi connectivity index (χ0v) is 10.3. The van der Waals surface area contributed by atoms with Gasteiger partial charge < -0.3 is 10.4 Å². The second-order valence-electron chi connectivity index (χ2n) is 4.91. The number of hydrogen-bond donors (Lipinski definition) is 2. The molecule has 0 aromatic rings. The third-order valence-corrected chi connectivity index (χ3v) is 2.70. The quantitative estimate of drug-likeness (QED) is 0.581. The molecule has 0 saturated heterocycles. The van der Waals surface area contributed by atoms with Gasteiger partial charge in [-0.3, -0.25) is 4.79 Å². The van der Waals surface area contributed by atoms with E-state index in [1.54, 1.807) is 0 Å². The molecule has 0 amide bonds. The first kappa shape index (κ1) is 14.4.